The second-order valence-corrected chi connectivity index (χ2v) is 10.1. The molecule has 0 heterocycles. The molecule has 0 aliphatic heterocycles. The van der Waals surface area contributed by atoms with Crippen molar-refractivity contribution in [2.24, 2.45) is 0 Å². The molecule has 1 aromatic rings. The highest BCUT2D eigenvalue weighted by Crippen LogP contribution is 2.07. The van der Waals surface area contributed by atoms with Crippen LogP contribution in [0.3, 0.4) is 0 Å². The monoisotopic (exact) mass is 737 g/mol. The van der Waals surface area contributed by atoms with Gasteiger partial charge >= 0.3 is 5.97 Å². The number of carbonyl (C=O) groups is 2. The Morgan fingerprint density at radius 1 is 0.412 bits per heavy atom. The van der Waals surface area contributed by atoms with Gasteiger partial charge in [0.2, 0.25) is 5.91 Å². The summed E-state index contributed by atoms with van der Waals surface area (Å²) in [6.45, 7) is 10.3. The van der Waals surface area contributed by atoms with Gasteiger partial charge in [0.15, 0.2) is 0 Å². The van der Waals surface area contributed by atoms with Gasteiger partial charge in [-0.15, -0.1) is 0 Å². The molecule has 17 nitrogen and oxygen atoms in total. The topological polar surface area (TPSA) is 186 Å². The predicted molar refractivity (Wildman–Crippen MR) is 182 cm³/mol. The molecular weight excluding hydrogens is 678 g/mol. The van der Waals surface area contributed by atoms with Crippen LogP contribution in [0.25, 0.3) is 0 Å². The van der Waals surface area contributed by atoms with E-state index < -0.39 is 18.5 Å². The van der Waals surface area contributed by atoms with Gasteiger partial charge in [-0.25, -0.2) is 4.79 Å². The van der Waals surface area contributed by atoms with Crippen molar-refractivity contribution in [3.63, 3.8) is 0 Å². The number of benzene rings is 1. The number of carbonyl (C=O) groups excluding carboxylic acids is 1. The Bertz CT molecular complexity index is 885. The summed E-state index contributed by atoms with van der Waals surface area (Å²) in [6, 6.07) is 9.64. The molecule has 1 amide bonds. The van der Waals surface area contributed by atoms with Crippen LogP contribution in [-0.4, -0.2) is 189 Å². The van der Waals surface area contributed by atoms with Crippen LogP contribution in [0.2, 0.25) is 0 Å². The van der Waals surface area contributed by atoms with E-state index in [4.69, 9.17) is 61.9 Å². The molecule has 1 rings (SSSR count). The molecule has 0 unspecified atom stereocenters. The lowest BCUT2D eigenvalue weighted by atomic mass is 10.3. The lowest BCUT2D eigenvalue weighted by Crippen LogP contribution is -2.31. The highest BCUT2D eigenvalue weighted by atomic mass is 16.6. The van der Waals surface area contributed by atoms with E-state index in [1.54, 1.807) is 0 Å². The Balaban J connectivity index is 1.62. The van der Waals surface area contributed by atoms with Crippen LogP contribution >= 0.6 is 0 Å². The molecule has 0 aromatic heterocycles. The lowest BCUT2D eigenvalue weighted by Gasteiger charge is -2.09. The summed E-state index contributed by atoms with van der Waals surface area (Å²) in [6.07, 6.45) is 0. The van der Waals surface area contributed by atoms with Crippen LogP contribution in [0.1, 0.15) is 0 Å². The number of nitrogens with one attached hydrogen (secondary N) is 1. The van der Waals surface area contributed by atoms with E-state index >= 15 is 0 Å². The highest BCUT2D eigenvalue weighted by Gasteiger charge is 2.03. The number of rotatable bonds is 41. The molecule has 51 heavy (non-hydrogen) atoms. The van der Waals surface area contributed by atoms with E-state index in [0.717, 1.165) is 5.75 Å². The normalized spacial score (nSPS) is 11.2. The number of amides is 1. The first-order chi connectivity index (χ1) is 25.2. The van der Waals surface area contributed by atoms with Gasteiger partial charge in [0.1, 0.15) is 25.6 Å². The van der Waals surface area contributed by atoms with Gasteiger partial charge in [0, 0.05) is 6.54 Å². The van der Waals surface area contributed by atoms with Crippen LogP contribution in [0.4, 0.5) is 0 Å². The molecular formula is C34H59NO16. The number of carboxylic acid groups (broad SMARTS) is 1. The van der Waals surface area contributed by atoms with Crippen LogP contribution in [-0.2, 0) is 66.4 Å². The van der Waals surface area contributed by atoms with Crippen molar-refractivity contribution in [1.82, 2.24) is 5.32 Å². The molecule has 0 aliphatic rings. The first kappa shape index (κ1) is 46.5. The van der Waals surface area contributed by atoms with Gasteiger partial charge < -0.3 is 72.0 Å². The Labute approximate surface area is 301 Å². The largest absolute Gasteiger partial charge is 0.491 e. The fourth-order valence-electron chi connectivity index (χ4n) is 3.58. The third-order valence-electron chi connectivity index (χ3n) is 5.99. The van der Waals surface area contributed by atoms with Crippen molar-refractivity contribution in [2.45, 2.75) is 0 Å². The molecule has 296 valence electrons. The van der Waals surface area contributed by atoms with Crippen molar-refractivity contribution in [2.75, 3.05) is 172 Å². The summed E-state index contributed by atoms with van der Waals surface area (Å²) in [5.41, 5.74) is 0. The maximum absolute atomic E-state index is 11.4. The molecule has 17 heteroatoms. The predicted octanol–water partition coefficient (Wildman–Crippen LogP) is 0.465. The summed E-state index contributed by atoms with van der Waals surface area (Å²) in [5.74, 6) is -0.687. The zero-order chi connectivity index (χ0) is 36.6. The zero-order valence-electron chi connectivity index (χ0n) is 29.8. The Morgan fingerprint density at radius 3 is 1.06 bits per heavy atom. The smallest absolute Gasteiger partial charge is 0.329 e. The molecule has 2 N–H and O–H groups in total. The van der Waals surface area contributed by atoms with Gasteiger partial charge in [-0.3, -0.25) is 4.79 Å². The van der Waals surface area contributed by atoms with Gasteiger partial charge in [-0.05, 0) is 12.1 Å². The molecule has 0 atom stereocenters. The maximum Gasteiger partial charge on any atom is 0.329 e. The molecule has 0 radical (unpaired) electrons. The summed E-state index contributed by atoms with van der Waals surface area (Å²) >= 11 is 0. The summed E-state index contributed by atoms with van der Waals surface area (Å²) in [7, 11) is 0. The van der Waals surface area contributed by atoms with E-state index in [0.29, 0.717) is 159 Å². The van der Waals surface area contributed by atoms with Gasteiger partial charge in [0.05, 0.1) is 145 Å². The Hall–Kier alpha value is -2.52. The average molecular weight is 738 g/mol. The summed E-state index contributed by atoms with van der Waals surface area (Å²) < 4.78 is 70.1. The van der Waals surface area contributed by atoms with E-state index in [1.165, 1.54) is 0 Å². The van der Waals surface area contributed by atoms with Crippen molar-refractivity contribution in [3.8, 4) is 5.75 Å². The second kappa shape index (κ2) is 38.7. The zero-order valence-corrected chi connectivity index (χ0v) is 29.8. The standard InChI is InChI=1S/C34H59NO16/c36-33(30-50-31-34(37)38)35-6-7-39-8-9-40-10-11-41-12-13-42-14-15-43-16-17-44-18-19-45-20-21-46-22-23-47-24-25-48-26-27-49-28-29-51-32-4-2-1-3-5-32/h1-5H,6-31H2,(H,35,36)(H,37,38). The Kier molecular flexibility index (Phi) is 35.3. The fraction of sp³-hybridized carbons (Fsp3) is 0.765. The Morgan fingerprint density at radius 2 is 0.725 bits per heavy atom. The lowest BCUT2D eigenvalue weighted by molar-refractivity contribution is -0.143. The third kappa shape index (κ3) is 37.1. The van der Waals surface area contributed by atoms with Crippen LogP contribution in [0.5, 0.6) is 5.75 Å². The van der Waals surface area contributed by atoms with Crippen molar-refractivity contribution in [1.29, 1.82) is 0 Å². The molecule has 1 aromatic carbocycles. The number of aliphatic carboxylic acids is 1. The summed E-state index contributed by atoms with van der Waals surface area (Å²) in [5, 5.41) is 11.0. The number of hydrogen-bond acceptors (Lipinski definition) is 15. The van der Waals surface area contributed by atoms with E-state index in [2.05, 4.69) is 10.1 Å². The van der Waals surface area contributed by atoms with Gasteiger partial charge in [0.25, 0.3) is 0 Å². The van der Waals surface area contributed by atoms with Gasteiger partial charge in [-0.2, -0.15) is 0 Å². The third-order valence-corrected chi connectivity index (χ3v) is 5.99. The summed E-state index contributed by atoms with van der Waals surface area (Å²) in [4.78, 5) is 21.7. The van der Waals surface area contributed by atoms with Crippen molar-refractivity contribution < 1.29 is 76.3 Å². The van der Waals surface area contributed by atoms with Gasteiger partial charge in [-0.1, -0.05) is 18.2 Å². The molecule has 0 saturated heterocycles. The highest BCUT2D eigenvalue weighted by molar-refractivity contribution is 5.77. The first-order valence-electron chi connectivity index (χ1n) is 17.3. The molecule has 0 bridgehead atoms. The number of ether oxygens (including phenoxy) is 13. The van der Waals surface area contributed by atoms with E-state index in [1.807, 2.05) is 30.3 Å². The first-order valence-corrected chi connectivity index (χ1v) is 17.3. The molecule has 0 saturated carbocycles. The number of hydrogen-bond donors (Lipinski definition) is 2. The SMILES string of the molecule is O=C(O)COCC(=O)NCCOCCOCCOCCOCCOCCOCCOCCOCCOCCOCCOCCOc1ccccc1. The fourth-order valence-corrected chi connectivity index (χ4v) is 3.58. The quantitative estimate of drug-likeness (QED) is 0.0883. The van der Waals surface area contributed by atoms with Crippen LogP contribution in [0, 0.1) is 0 Å². The molecule has 0 aliphatic carbocycles. The average Bonchev–Trinajstić information content (AvgIpc) is 3.13. The molecule has 0 spiro atoms. The van der Waals surface area contributed by atoms with E-state index in [9.17, 15) is 9.59 Å². The maximum atomic E-state index is 11.4. The van der Waals surface area contributed by atoms with Crippen LogP contribution < -0.4 is 10.1 Å². The molecule has 0 fully saturated rings. The van der Waals surface area contributed by atoms with Crippen molar-refractivity contribution in [3.05, 3.63) is 30.3 Å². The number of para-hydroxylation sites is 1. The van der Waals surface area contributed by atoms with E-state index in [-0.39, 0.29) is 6.61 Å². The second-order valence-electron chi connectivity index (χ2n) is 10.1. The van der Waals surface area contributed by atoms with Crippen LogP contribution in [0.15, 0.2) is 30.3 Å². The van der Waals surface area contributed by atoms with Crippen molar-refractivity contribution >= 4 is 11.9 Å². The minimum atomic E-state index is -1.12. The minimum Gasteiger partial charge on any atom is -0.491 e. The number of carboxylic acids is 1. The minimum absolute atomic E-state index is 0.299.